The summed E-state index contributed by atoms with van der Waals surface area (Å²) in [5, 5.41) is 15.8. The first-order chi connectivity index (χ1) is 7.25. The zero-order valence-electron chi connectivity index (χ0n) is 8.18. The molecule has 0 aliphatic heterocycles. The summed E-state index contributed by atoms with van der Waals surface area (Å²) < 4.78 is 0. The van der Waals surface area contributed by atoms with E-state index in [4.69, 9.17) is 0 Å². The van der Waals surface area contributed by atoms with Crippen molar-refractivity contribution < 1.29 is 4.92 Å². The molecule has 1 aliphatic carbocycles. The molecular formula is C10H12N2O2S. The highest BCUT2D eigenvalue weighted by Gasteiger charge is 2.18. The van der Waals surface area contributed by atoms with Crippen molar-refractivity contribution in [3.05, 3.63) is 33.2 Å². The Hall–Kier alpha value is -1.20. The van der Waals surface area contributed by atoms with Crippen LogP contribution in [0, 0.1) is 10.1 Å². The van der Waals surface area contributed by atoms with E-state index < -0.39 is 0 Å². The minimum Gasteiger partial charge on any atom is -0.311 e. The van der Waals surface area contributed by atoms with Gasteiger partial charge in [-0.05, 0) is 18.4 Å². The molecule has 1 heterocycles. The van der Waals surface area contributed by atoms with Crippen LogP contribution in [0.25, 0.3) is 6.08 Å². The maximum absolute atomic E-state index is 10.4. The molecule has 15 heavy (non-hydrogen) atoms. The maximum atomic E-state index is 10.4. The van der Waals surface area contributed by atoms with Gasteiger partial charge < -0.3 is 5.32 Å². The highest BCUT2D eigenvalue weighted by atomic mass is 32.1. The number of rotatable bonds is 5. The Kier molecular flexibility index (Phi) is 3.13. The van der Waals surface area contributed by atoms with Crippen LogP contribution in [0.1, 0.15) is 18.4 Å². The van der Waals surface area contributed by atoms with Gasteiger partial charge in [-0.2, -0.15) is 0 Å². The van der Waals surface area contributed by atoms with Gasteiger partial charge in [-0.3, -0.25) is 10.1 Å². The minimum absolute atomic E-state index is 0.199. The van der Waals surface area contributed by atoms with Gasteiger partial charge in [-0.15, -0.1) is 0 Å². The van der Waals surface area contributed by atoms with Gasteiger partial charge in [0.25, 0.3) is 0 Å². The van der Waals surface area contributed by atoms with Gasteiger partial charge in [-0.1, -0.05) is 23.5 Å². The second-order valence-electron chi connectivity index (χ2n) is 3.56. The third-order valence-electron chi connectivity index (χ3n) is 2.20. The zero-order valence-corrected chi connectivity index (χ0v) is 9.00. The van der Waals surface area contributed by atoms with Crippen LogP contribution in [-0.2, 0) is 0 Å². The average molecular weight is 224 g/mol. The molecule has 2 rings (SSSR count). The summed E-state index contributed by atoms with van der Waals surface area (Å²) >= 11 is 1.16. The molecule has 1 aliphatic rings. The van der Waals surface area contributed by atoms with Gasteiger partial charge in [0, 0.05) is 24.0 Å². The summed E-state index contributed by atoms with van der Waals surface area (Å²) in [6.45, 7) is 0.842. The summed E-state index contributed by atoms with van der Waals surface area (Å²) in [6, 6.07) is 2.30. The van der Waals surface area contributed by atoms with Crippen LogP contribution in [-0.4, -0.2) is 17.5 Å². The first-order valence-electron chi connectivity index (χ1n) is 4.88. The molecule has 1 fully saturated rings. The van der Waals surface area contributed by atoms with Crippen LogP contribution in [0.3, 0.4) is 0 Å². The molecular weight excluding hydrogens is 212 g/mol. The number of hydrogen-bond donors (Lipinski definition) is 1. The summed E-state index contributed by atoms with van der Waals surface area (Å²) in [7, 11) is 0. The molecule has 0 atom stereocenters. The van der Waals surface area contributed by atoms with Gasteiger partial charge in [0.1, 0.15) is 0 Å². The standard InChI is InChI=1S/C10H12N2O2S/c13-12(14)10-6-8(7-15-10)2-1-5-11-9-3-4-9/h1-2,6-7,9,11H,3-5H2. The molecule has 1 saturated carbocycles. The molecule has 1 aromatic rings. The lowest BCUT2D eigenvalue weighted by Crippen LogP contribution is -2.15. The molecule has 0 aromatic carbocycles. The van der Waals surface area contributed by atoms with E-state index in [2.05, 4.69) is 5.32 Å². The van der Waals surface area contributed by atoms with Crippen LogP contribution in [0.5, 0.6) is 0 Å². The number of thiophene rings is 1. The summed E-state index contributed by atoms with van der Waals surface area (Å²) in [4.78, 5) is 10.1. The quantitative estimate of drug-likeness (QED) is 0.617. The number of hydrogen-bond acceptors (Lipinski definition) is 4. The molecule has 0 unspecified atom stereocenters. The highest BCUT2D eigenvalue weighted by Crippen LogP contribution is 2.23. The van der Waals surface area contributed by atoms with Crippen LogP contribution < -0.4 is 5.32 Å². The Morgan fingerprint density at radius 2 is 2.47 bits per heavy atom. The van der Waals surface area contributed by atoms with Crippen LogP contribution in [0.2, 0.25) is 0 Å². The van der Waals surface area contributed by atoms with E-state index in [1.54, 1.807) is 11.4 Å². The summed E-state index contributed by atoms with van der Waals surface area (Å²) in [5.74, 6) is 0. The Balaban J connectivity index is 1.83. The summed E-state index contributed by atoms with van der Waals surface area (Å²) in [6.07, 6.45) is 6.47. The highest BCUT2D eigenvalue weighted by molar-refractivity contribution is 7.13. The van der Waals surface area contributed by atoms with E-state index in [0.717, 1.165) is 23.4 Å². The Labute approximate surface area is 91.8 Å². The van der Waals surface area contributed by atoms with Crippen LogP contribution >= 0.6 is 11.3 Å². The van der Waals surface area contributed by atoms with Gasteiger partial charge in [-0.25, -0.2) is 0 Å². The first kappa shape index (κ1) is 10.3. The molecule has 0 spiro atoms. The van der Waals surface area contributed by atoms with Crippen molar-refractivity contribution in [1.82, 2.24) is 5.32 Å². The lowest BCUT2D eigenvalue weighted by molar-refractivity contribution is -0.380. The van der Waals surface area contributed by atoms with Crippen molar-refractivity contribution in [3.8, 4) is 0 Å². The van der Waals surface area contributed by atoms with Gasteiger partial charge in [0.15, 0.2) is 0 Å². The third-order valence-corrected chi connectivity index (χ3v) is 3.10. The SMILES string of the molecule is O=[N+]([O-])c1cc(C=CCNC2CC2)cs1. The second-order valence-corrected chi connectivity index (χ2v) is 4.45. The lowest BCUT2D eigenvalue weighted by Gasteiger charge is -1.93. The molecule has 4 nitrogen and oxygen atoms in total. The Bertz CT molecular complexity index is 383. The fraction of sp³-hybridized carbons (Fsp3) is 0.400. The topological polar surface area (TPSA) is 55.2 Å². The van der Waals surface area contributed by atoms with E-state index >= 15 is 0 Å². The van der Waals surface area contributed by atoms with Crippen molar-refractivity contribution in [2.45, 2.75) is 18.9 Å². The molecule has 1 N–H and O–H groups in total. The van der Waals surface area contributed by atoms with E-state index in [9.17, 15) is 10.1 Å². The van der Waals surface area contributed by atoms with Crippen molar-refractivity contribution in [1.29, 1.82) is 0 Å². The van der Waals surface area contributed by atoms with Crippen molar-refractivity contribution in [3.63, 3.8) is 0 Å². The molecule has 0 bridgehead atoms. The fourth-order valence-corrected chi connectivity index (χ4v) is 1.93. The molecule has 0 amide bonds. The zero-order chi connectivity index (χ0) is 10.7. The van der Waals surface area contributed by atoms with E-state index in [-0.39, 0.29) is 9.92 Å². The number of nitrogens with zero attached hydrogens (tertiary/aromatic N) is 1. The summed E-state index contributed by atoms with van der Waals surface area (Å²) in [5.41, 5.74) is 0.907. The Morgan fingerprint density at radius 1 is 1.67 bits per heavy atom. The van der Waals surface area contributed by atoms with Crippen LogP contribution in [0.15, 0.2) is 17.5 Å². The first-order valence-corrected chi connectivity index (χ1v) is 5.76. The molecule has 0 saturated heterocycles. The van der Waals surface area contributed by atoms with E-state index in [1.807, 2.05) is 12.2 Å². The minimum atomic E-state index is -0.357. The maximum Gasteiger partial charge on any atom is 0.324 e. The Morgan fingerprint density at radius 3 is 3.07 bits per heavy atom. The predicted molar refractivity (Wildman–Crippen MR) is 61.0 cm³/mol. The monoisotopic (exact) mass is 224 g/mol. The van der Waals surface area contributed by atoms with Crippen molar-refractivity contribution in [2.24, 2.45) is 0 Å². The molecule has 0 radical (unpaired) electrons. The van der Waals surface area contributed by atoms with Gasteiger partial charge in [0.05, 0.1) is 4.92 Å². The normalized spacial score (nSPS) is 16.0. The lowest BCUT2D eigenvalue weighted by atomic mass is 10.3. The van der Waals surface area contributed by atoms with Crippen molar-refractivity contribution >= 4 is 22.4 Å². The van der Waals surface area contributed by atoms with Crippen LogP contribution in [0.4, 0.5) is 5.00 Å². The van der Waals surface area contributed by atoms with E-state index in [1.165, 1.54) is 12.8 Å². The molecule has 1 aromatic heterocycles. The second kappa shape index (κ2) is 4.55. The predicted octanol–water partition coefficient (Wildman–Crippen LogP) is 2.42. The third kappa shape index (κ3) is 3.14. The number of nitro groups is 1. The average Bonchev–Trinajstić information content (AvgIpc) is 2.90. The van der Waals surface area contributed by atoms with Crippen molar-refractivity contribution in [2.75, 3.05) is 6.54 Å². The molecule has 80 valence electrons. The number of nitrogens with one attached hydrogen (secondary N) is 1. The fourth-order valence-electron chi connectivity index (χ4n) is 1.24. The molecule has 5 heteroatoms. The largest absolute Gasteiger partial charge is 0.324 e. The van der Waals surface area contributed by atoms with E-state index in [0.29, 0.717) is 6.04 Å². The van der Waals surface area contributed by atoms with Gasteiger partial charge in [0.2, 0.25) is 0 Å². The smallest absolute Gasteiger partial charge is 0.311 e. The van der Waals surface area contributed by atoms with Gasteiger partial charge >= 0.3 is 5.00 Å².